The van der Waals surface area contributed by atoms with Crippen molar-refractivity contribution in [3.63, 3.8) is 0 Å². The van der Waals surface area contributed by atoms with Crippen molar-refractivity contribution in [1.29, 1.82) is 0 Å². The number of amides is 2. The van der Waals surface area contributed by atoms with Crippen molar-refractivity contribution in [3.05, 3.63) is 53.6 Å². The summed E-state index contributed by atoms with van der Waals surface area (Å²) in [6, 6.07) is 12.5. The minimum Gasteiger partial charge on any atom is -0.497 e. The van der Waals surface area contributed by atoms with Crippen molar-refractivity contribution >= 4 is 39.1 Å². The Kier molecular flexibility index (Phi) is 8.11. The normalized spacial score (nSPS) is 16.9. The molecule has 0 spiro atoms. The highest BCUT2D eigenvalue weighted by molar-refractivity contribution is 7.89. The molecule has 1 aliphatic rings. The Morgan fingerprint density at radius 1 is 1.12 bits per heavy atom. The van der Waals surface area contributed by atoms with Gasteiger partial charge in [-0.1, -0.05) is 24.1 Å². The van der Waals surface area contributed by atoms with Gasteiger partial charge >= 0.3 is 11.8 Å². The van der Waals surface area contributed by atoms with Crippen molar-refractivity contribution in [3.8, 4) is 5.75 Å². The smallest absolute Gasteiger partial charge is 0.313 e. The second kappa shape index (κ2) is 10.8. The Bertz CT molecular complexity index is 1060. The highest BCUT2D eigenvalue weighted by atomic mass is 35.5. The molecule has 2 amide bonds. The third kappa shape index (κ3) is 5.99. The van der Waals surface area contributed by atoms with Gasteiger partial charge in [0.15, 0.2) is 0 Å². The van der Waals surface area contributed by atoms with Gasteiger partial charge in [0.05, 0.1) is 12.0 Å². The average Bonchev–Trinajstić information content (AvgIpc) is 2.79. The van der Waals surface area contributed by atoms with Gasteiger partial charge in [-0.2, -0.15) is 4.31 Å². The first-order valence-electron chi connectivity index (χ1n) is 10.3. The van der Waals surface area contributed by atoms with E-state index in [4.69, 9.17) is 16.3 Å². The second-order valence-corrected chi connectivity index (χ2v) is 9.78. The molecule has 2 aromatic rings. The average molecular weight is 480 g/mol. The molecule has 0 aliphatic carbocycles. The van der Waals surface area contributed by atoms with Gasteiger partial charge in [-0.3, -0.25) is 9.59 Å². The van der Waals surface area contributed by atoms with Crippen LogP contribution >= 0.6 is 11.6 Å². The summed E-state index contributed by atoms with van der Waals surface area (Å²) in [5.41, 5.74) is 0.442. The lowest BCUT2D eigenvalue weighted by Gasteiger charge is -2.34. The number of nitrogens with one attached hydrogen (secondary N) is 2. The fourth-order valence-corrected chi connectivity index (χ4v) is 5.49. The van der Waals surface area contributed by atoms with E-state index in [2.05, 4.69) is 10.6 Å². The van der Waals surface area contributed by atoms with E-state index in [-0.39, 0.29) is 17.5 Å². The van der Waals surface area contributed by atoms with Gasteiger partial charge in [-0.05, 0) is 55.7 Å². The highest BCUT2D eigenvalue weighted by Crippen LogP contribution is 2.27. The number of hydrogen-bond acceptors (Lipinski definition) is 5. The fourth-order valence-electron chi connectivity index (χ4n) is 3.64. The molecule has 1 atom stereocenters. The Morgan fingerprint density at radius 3 is 2.59 bits per heavy atom. The summed E-state index contributed by atoms with van der Waals surface area (Å²) in [6.45, 7) is 0.599. The van der Waals surface area contributed by atoms with Gasteiger partial charge < -0.3 is 15.4 Å². The maximum atomic E-state index is 13.1. The van der Waals surface area contributed by atoms with E-state index in [9.17, 15) is 18.0 Å². The third-order valence-electron chi connectivity index (χ3n) is 5.29. The number of piperidine rings is 1. The quantitative estimate of drug-likeness (QED) is 0.594. The second-order valence-electron chi connectivity index (χ2n) is 7.45. The molecule has 0 unspecified atom stereocenters. The van der Waals surface area contributed by atoms with Gasteiger partial charge in [0.25, 0.3) is 0 Å². The molecule has 0 bridgehead atoms. The van der Waals surface area contributed by atoms with Gasteiger partial charge in [0.2, 0.25) is 10.0 Å². The molecule has 10 heteroatoms. The van der Waals surface area contributed by atoms with Crippen LogP contribution < -0.4 is 15.4 Å². The minimum absolute atomic E-state index is 0.182. The van der Waals surface area contributed by atoms with E-state index in [0.717, 1.165) is 12.8 Å². The van der Waals surface area contributed by atoms with Crippen LogP contribution in [0.5, 0.6) is 5.75 Å². The van der Waals surface area contributed by atoms with E-state index in [1.54, 1.807) is 36.4 Å². The number of benzene rings is 2. The lowest BCUT2D eigenvalue weighted by Crippen LogP contribution is -2.45. The predicted molar refractivity (Wildman–Crippen MR) is 122 cm³/mol. The molecule has 1 aliphatic heterocycles. The molecule has 1 fully saturated rings. The van der Waals surface area contributed by atoms with Crippen LogP contribution in [-0.2, 0) is 19.6 Å². The molecule has 8 nitrogen and oxygen atoms in total. The Morgan fingerprint density at radius 2 is 1.88 bits per heavy atom. The molecule has 0 aromatic heterocycles. The standard InChI is InChI=1S/C22H26ClN3O5S/c1-31-19-7-4-5-17(15-19)25-22(28)21(27)24-13-12-18-6-2-3-14-26(18)32(29,30)20-10-8-16(23)9-11-20/h4-5,7-11,15,18H,2-3,6,12-14H2,1H3,(H,24,27)(H,25,28)/t18-/m1/s1. The fraction of sp³-hybridized carbons (Fsp3) is 0.364. The summed E-state index contributed by atoms with van der Waals surface area (Å²) in [5.74, 6) is -1.02. The zero-order valence-electron chi connectivity index (χ0n) is 17.7. The summed E-state index contributed by atoms with van der Waals surface area (Å²) in [7, 11) is -2.16. The number of rotatable bonds is 7. The van der Waals surface area contributed by atoms with Gasteiger partial charge in [0, 0.05) is 35.9 Å². The largest absolute Gasteiger partial charge is 0.497 e. The first kappa shape index (κ1) is 24.0. The van der Waals surface area contributed by atoms with E-state index < -0.39 is 21.8 Å². The van der Waals surface area contributed by atoms with Gasteiger partial charge in [0.1, 0.15) is 5.75 Å². The zero-order chi connectivity index (χ0) is 23.1. The first-order valence-corrected chi connectivity index (χ1v) is 12.1. The molecule has 2 N–H and O–H groups in total. The highest BCUT2D eigenvalue weighted by Gasteiger charge is 2.33. The molecular formula is C22H26ClN3O5S. The minimum atomic E-state index is -3.67. The van der Waals surface area contributed by atoms with Gasteiger partial charge in [-0.25, -0.2) is 8.42 Å². The Balaban J connectivity index is 1.56. The lowest BCUT2D eigenvalue weighted by molar-refractivity contribution is -0.136. The molecule has 1 saturated heterocycles. The van der Waals surface area contributed by atoms with E-state index in [1.165, 1.54) is 23.5 Å². The van der Waals surface area contributed by atoms with Crippen LogP contribution in [0.3, 0.4) is 0 Å². The van der Waals surface area contributed by atoms with E-state index in [1.807, 2.05) is 0 Å². The number of methoxy groups -OCH3 is 1. The van der Waals surface area contributed by atoms with Crippen LogP contribution in [0.2, 0.25) is 5.02 Å². The number of ether oxygens (including phenoxy) is 1. The number of anilines is 1. The van der Waals surface area contributed by atoms with Crippen molar-refractivity contribution in [2.75, 3.05) is 25.5 Å². The Hall–Kier alpha value is -2.62. The summed E-state index contributed by atoms with van der Waals surface area (Å²) < 4.78 is 32.8. The van der Waals surface area contributed by atoms with Crippen molar-refractivity contribution in [2.45, 2.75) is 36.6 Å². The van der Waals surface area contributed by atoms with Gasteiger partial charge in [-0.15, -0.1) is 0 Å². The molecule has 32 heavy (non-hydrogen) atoms. The third-order valence-corrected chi connectivity index (χ3v) is 7.51. The molecule has 1 heterocycles. The topological polar surface area (TPSA) is 105 Å². The van der Waals surface area contributed by atoms with Crippen LogP contribution in [0, 0.1) is 0 Å². The van der Waals surface area contributed by atoms with E-state index in [0.29, 0.717) is 35.8 Å². The predicted octanol–water partition coefficient (Wildman–Crippen LogP) is 3.04. The van der Waals surface area contributed by atoms with Crippen molar-refractivity contribution in [2.24, 2.45) is 0 Å². The van der Waals surface area contributed by atoms with Crippen molar-refractivity contribution < 1.29 is 22.7 Å². The Labute approximate surface area is 192 Å². The lowest BCUT2D eigenvalue weighted by atomic mass is 10.0. The molecule has 3 rings (SSSR count). The first-order chi connectivity index (χ1) is 15.3. The number of carbonyl (C=O) groups excluding carboxylic acids is 2. The zero-order valence-corrected chi connectivity index (χ0v) is 19.3. The molecule has 2 aromatic carbocycles. The summed E-state index contributed by atoms with van der Waals surface area (Å²) >= 11 is 5.88. The maximum Gasteiger partial charge on any atom is 0.313 e. The number of halogens is 1. The van der Waals surface area contributed by atoms with E-state index >= 15 is 0 Å². The van der Waals surface area contributed by atoms with Crippen LogP contribution in [-0.4, -0.2) is 50.8 Å². The maximum absolute atomic E-state index is 13.1. The van der Waals surface area contributed by atoms with Crippen LogP contribution in [0.15, 0.2) is 53.4 Å². The van der Waals surface area contributed by atoms with Crippen LogP contribution in [0.25, 0.3) is 0 Å². The number of carbonyl (C=O) groups is 2. The number of sulfonamides is 1. The summed E-state index contributed by atoms with van der Waals surface area (Å²) in [6.07, 6.45) is 2.78. The summed E-state index contributed by atoms with van der Waals surface area (Å²) in [4.78, 5) is 24.5. The molecular weight excluding hydrogens is 454 g/mol. The monoisotopic (exact) mass is 479 g/mol. The molecule has 0 saturated carbocycles. The van der Waals surface area contributed by atoms with Crippen LogP contribution in [0.4, 0.5) is 5.69 Å². The van der Waals surface area contributed by atoms with Crippen LogP contribution in [0.1, 0.15) is 25.7 Å². The molecule has 172 valence electrons. The number of nitrogens with zero attached hydrogens (tertiary/aromatic N) is 1. The summed E-state index contributed by atoms with van der Waals surface area (Å²) in [5, 5.41) is 5.56. The van der Waals surface area contributed by atoms with Crippen molar-refractivity contribution in [1.82, 2.24) is 9.62 Å². The SMILES string of the molecule is COc1cccc(NC(=O)C(=O)NCC[C@H]2CCCCN2S(=O)(=O)c2ccc(Cl)cc2)c1. The molecule has 0 radical (unpaired) electrons. The number of hydrogen-bond donors (Lipinski definition) is 2.